The number of fused-ring (bicyclic) bond motifs is 1. The number of imide groups is 1. The average Bonchev–Trinajstić information content (AvgIpc) is 3.23. The third kappa shape index (κ3) is 3.20. The Bertz CT molecular complexity index is 982. The lowest BCUT2D eigenvalue weighted by molar-refractivity contribution is -0.143. The molecule has 0 aliphatic carbocycles. The Labute approximate surface area is 175 Å². The Morgan fingerprint density at radius 3 is 2.60 bits per heavy atom. The number of carbonyl (C=O) groups excluding carboxylic acids is 3. The van der Waals surface area contributed by atoms with Crippen molar-refractivity contribution in [3.63, 3.8) is 0 Å². The van der Waals surface area contributed by atoms with Crippen molar-refractivity contribution in [2.24, 2.45) is 0 Å². The van der Waals surface area contributed by atoms with Gasteiger partial charge in [-0.1, -0.05) is 0 Å². The van der Waals surface area contributed by atoms with Crippen LogP contribution in [0.4, 0.5) is 4.79 Å². The van der Waals surface area contributed by atoms with Gasteiger partial charge in [-0.15, -0.1) is 0 Å². The SMILES string of the molecule is Cc1c(C2CCCN(C(=O)C(C)N3C(=O)NC(C)(C)C3=O)C2)n2c(nc1=O)CCC2. The summed E-state index contributed by atoms with van der Waals surface area (Å²) in [7, 11) is 0. The van der Waals surface area contributed by atoms with E-state index in [1.165, 1.54) is 0 Å². The van der Waals surface area contributed by atoms with Gasteiger partial charge >= 0.3 is 6.03 Å². The predicted octanol–water partition coefficient (Wildman–Crippen LogP) is 0.923. The summed E-state index contributed by atoms with van der Waals surface area (Å²) in [6.45, 7) is 8.57. The summed E-state index contributed by atoms with van der Waals surface area (Å²) in [6, 6.07) is -1.40. The first kappa shape index (κ1) is 20.6. The molecular formula is C21H29N5O4. The van der Waals surface area contributed by atoms with Gasteiger partial charge in [-0.25, -0.2) is 9.69 Å². The molecule has 4 amide bonds. The number of likely N-dealkylation sites (tertiary alicyclic amines) is 1. The van der Waals surface area contributed by atoms with E-state index in [1.54, 1.807) is 25.7 Å². The number of hydrogen-bond acceptors (Lipinski definition) is 5. The van der Waals surface area contributed by atoms with Gasteiger partial charge in [-0.05, 0) is 47.0 Å². The molecular weight excluding hydrogens is 386 g/mol. The van der Waals surface area contributed by atoms with Gasteiger partial charge in [0.05, 0.1) is 0 Å². The van der Waals surface area contributed by atoms with E-state index in [4.69, 9.17) is 0 Å². The van der Waals surface area contributed by atoms with Crippen molar-refractivity contribution < 1.29 is 14.4 Å². The minimum Gasteiger partial charge on any atom is -0.340 e. The van der Waals surface area contributed by atoms with E-state index in [0.717, 1.165) is 48.6 Å². The fraction of sp³-hybridized carbons (Fsp3) is 0.667. The second-order valence-corrected chi connectivity index (χ2v) is 9.13. The molecule has 2 saturated heterocycles. The zero-order valence-electron chi connectivity index (χ0n) is 18.0. The first-order chi connectivity index (χ1) is 14.1. The molecule has 2 fully saturated rings. The molecule has 4 heterocycles. The zero-order valence-corrected chi connectivity index (χ0v) is 18.0. The number of aromatic nitrogens is 2. The third-order valence-electron chi connectivity index (χ3n) is 6.58. The number of aryl methyl sites for hydroxylation is 1. The van der Waals surface area contributed by atoms with Crippen molar-refractivity contribution in [1.82, 2.24) is 24.7 Å². The Hall–Kier alpha value is -2.71. The summed E-state index contributed by atoms with van der Waals surface area (Å²) in [6.07, 6.45) is 3.46. The second-order valence-electron chi connectivity index (χ2n) is 9.13. The molecule has 0 saturated carbocycles. The molecule has 1 aromatic heterocycles. The fourth-order valence-corrected chi connectivity index (χ4v) is 4.98. The normalized spacial score (nSPS) is 24.1. The van der Waals surface area contributed by atoms with Crippen LogP contribution in [0.25, 0.3) is 0 Å². The maximum atomic E-state index is 13.2. The second kappa shape index (κ2) is 7.21. The molecule has 0 spiro atoms. The van der Waals surface area contributed by atoms with Crippen molar-refractivity contribution in [3.05, 3.63) is 27.4 Å². The van der Waals surface area contributed by atoms with Crippen LogP contribution in [0.15, 0.2) is 4.79 Å². The standard InChI is InChI=1S/C21H29N5O4/c1-12-16(25-10-6-8-15(25)22-17(12)27)14-7-5-9-24(11-14)18(28)13(2)26-19(29)21(3,4)23-20(26)30/h13-14H,5-11H2,1-4H3,(H,23,30). The topological polar surface area (TPSA) is 105 Å². The molecule has 0 aromatic carbocycles. The van der Waals surface area contributed by atoms with Gasteiger partial charge in [0.2, 0.25) is 5.91 Å². The number of hydrogen-bond donors (Lipinski definition) is 1. The van der Waals surface area contributed by atoms with E-state index < -0.39 is 23.5 Å². The Balaban J connectivity index is 1.57. The molecule has 0 bridgehead atoms. The summed E-state index contributed by atoms with van der Waals surface area (Å²) < 4.78 is 2.15. The summed E-state index contributed by atoms with van der Waals surface area (Å²) in [4.78, 5) is 57.5. The third-order valence-corrected chi connectivity index (χ3v) is 6.58. The van der Waals surface area contributed by atoms with E-state index in [9.17, 15) is 19.2 Å². The molecule has 1 N–H and O–H groups in total. The van der Waals surface area contributed by atoms with Crippen molar-refractivity contribution in [3.8, 4) is 0 Å². The molecule has 1 aromatic rings. The number of urea groups is 1. The average molecular weight is 415 g/mol. The number of piperidine rings is 1. The first-order valence-electron chi connectivity index (χ1n) is 10.7. The van der Waals surface area contributed by atoms with Gasteiger partial charge < -0.3 is 14.8 Å². The van der Waals surface area contributed by atoms with Gasteiger partial charge in [0.1, 0.15) is 17.4 Å². The smallest absolute Gasteiger partial charge is 0.325 e. The summed E-state index contributed by atoms with van der Waals surface area (Å²) >= 11 is 0. The van der Waals surface area contributed by atoms with E-state index in [0.29, 0.717) is 18.7 Å². The van der Waals surface area contributed by atoms with Crippen LogP contribution in [0.1, 0.15) is 63.0 Å². The summed E-state index contributed by atoms with van der Waals surface area (Å²) in [5.74, 6) is 0.244. The first-order valence-corrected chi connectivity index (χ1v) is 10.7. The monoisotopic (exact) mass is 415 g/mol. The fourth-order valence-electron chi connectivity index (χ4n) is 4.98. The highest BCUT2D eigenvalue weighted by atomic mass is 16.2. The minimum atomic E-state index is -1.01. The molecule has 0 radical (unpaired) electrons. The summed E-state index contributed by atoms with van der Waals surface area (Å²) in [5.41, 5.74) is 0.454. The lowest BCUT2D eigenvalue weighted by Crippen LogP contribution is -2.52. The van der Waals surface area contributed by atoms with Crippen molar-refractivity contribution in [2.45, 2.75) is 77.4 Å². The van der Waals surface area contributed by atoms with Crippen molar-refractivity contribution in [1.29, 1.82) is 0 Å². The van der Waals surface area contributed by atoms with Gasteiger partial charge in [0.25, 0.3) is 11.5 Å². The van der Waals surface area contributed by atoms with Gasteiger partial charge in [0, 0.05) is 43.2 Å². The molecule has 3 aliphatic heterocycles. The predicted molar refractivity (Wildman–Crippen MR) is 109 cm³/mol. The van der Waals surface area contributed by atoms with Crippen LogP contribution in [0, 0.1) is 6.92 Å². The van der Waals surface area contributed by atoms with Crippen LogP contribution < -0.4 is 10.9 Å². The maximum absolute atomic E-state index is 13.2. The van der Waals surface area contributed by atoms with Gasteiger partial charge in [0.15, 0.2) is 0 Å². The van der Waals surface area contributed by atoms with Crippen molar-refractivity contribution in [2.75, 3.05) is 13.1 Å². The number of rotatable bonds is 3. The number of carbonyl (C=O) groups is 3. The quantitative estimate of drug-likeness (QED) is 0.740. The van der Waals surface area contributed by atoms with Crippen LogP contribution >= 0.6 is 0 Å². The number of amides is 4. The van der Waals surface area contributed by atoms with Crippen LogP contribution in [-0.4, -0.2) is 61.9 Å². The minimum absolute atomic E-state index is 0.0435. The van der Waals surface area contributed by atoms with Crippen LogP contribution in [0.3, 0.4) is 0 Å². The Kier molecular flexibility index (Phi) is 4.94. The highest BCUT2D eigenvalue weighted by Crippen LogP contribution is 2.31. The number of nitrogens with zero attached hydrogens (tertiary/aromatic N) is 4. The number of nitrogens with one attached hydrogen (secondary N) is 1. The Morgan fingerprint density at radius 1 is 1.20 bits per heavy atom. The molecule has 2 atom stereocenters. The van der Waals surface area contributed by atoms with Crippen LogP contribution in [-0.2, 0) is 22.6 Å². The molecule has 162 valence electrons. The van der Waals surface area contributed by atoms with E-state index in [2.05, 4.69) is 14.9 Å². The molecule has 9 heteroatoms. The zero-order chi connectivity index (χ0) is 21.8. The van der Waals surface area contributed by atoms with Crippen LogP contribution in [0.5, 0.6) is 0 Å². The maximum Gasteiger partial charge on any atom is 0.325 e. The highest BCUT2D eigenvalue weighted by Gasteiger charge is 2.48. The molecule has 2 unspecified atom stereocenters. The molecule has 30 heavy (non-hydrogen) atoms. The van der Waals surface area contributed by atoms with Crippen LogP contribution in [0.2, 0.25) is 0 Å². The van der Waals surface area contributed by atoms with Gasteiger partial charge in [-0.3, -0.25) is 14.4 Å². The van der Waals surface area contributed by atoms with E-state index in [-0.39, 0.29) is 17.4 Å². The van der Waals surface area contributed by atoms with Crippen molar-refractivity contribution >= 4 is 17.8 Å². The Morgan fingerprint density at radius 2 is 1.93 bits per heavy atom. The summed E-state index contributed by atoms with van der Waals surface area (Å²) in [5, 5.41) is 2.63. The van der Waals surface area contributed by atoms with E-state index in [1.807, 2.05) is 6.92 Å². The largest absolute Gasteiger partial charge is 0.340 e. The lowest BCUT2D eigenvalue weighted by Gasteiger charge is -2.37. The van der Waals surface area contributed by atoms with E-state index >= 15 is 0 Å². The molecule has 9 nitrogen and oxygen atoms in total. The highest BCUT2D eigenvalue weighted by molar-refractivity contribution is 6.09. The van der Waals surface area contributed by atoms with Gasteiger partial charge in [-0.2, -0.15) is 4.98 Å². The lowest BCUT2D eigenvalue weighted by atomic mass is 9.91. The molecule has 3 aliphatic rings. The molecule has 4 rings (SSSR count).